The average Bonchev–Trinajstić information content (AvgIpc) is 2.61. The van der Waals surface area contributed by atoms with Gasteiger partial charge in [0.25, 0.3) is 0 Å². The number of aromatic nitrogens is 1. The maximum Gasteiger partial charge on any atom is 0.213 e. The van der Waals surface area contributed by atoms with Crippen molar-refractivity contribution in [2.45, 2.75) is 82.9 Å². The first-order valence-electron chi connectivity index (χ1n) is 9.67. The summed E-state index contributed by atoms with van der Waals surface area (Å²) in [5.41, 5.74) is 0.955. The molecule has 0 radical (unpaired) electrons. The summed E-state index contributed by atoms with van der Waals surface area (Å²) in [6.45, 7) is 6.02. The van der Waals surface area contributed by atoms with Gasteiger partial charge in [0.15, 0.2) is 0 Å². The zero-order chi connectivity index (χ0) is 19.2. The first-order chi connectivity index (χ1) is 12.3. The van der Waals surface area contributed by atoms with Crippen LogP contribution in [-0.2, 0) is 17.4 Å². The smallest absolute Gasteiger partial charge is 0.213 e. The Morgan fingerprint density at radius 3 is 2.62 bits per heavy atom. The van der Waals surface area contributed by atoms with Crippen LogP contribution in [0.5, 0.6) is 5.88 Å². The highest BCUT2D eigenvalue weighted by Gasteiger charge is 2.25. The van der Waals surface area contributed by atoms with Crippen LogP contribution in [0, 0.1) is 5.92 Å². The standard InChI is InChI=1S/C20H33BrN2O2S/c1-20(2,3)26(24)23-16(11-10-15-8-6-5-7-9-15)14-18-17(21)12-13-19(22-18)25-4/h12-13,15-16,23H,5-11,14H2,1-4H3. The van der Waals surface area contributed by atoms with Gasteiger partial charge >= 0.3 is 0 Å². The Bertz CT molecular complexity index is 598. The van der Waals surface area contributed by atoms with Gasteiger partial charge in [-0.3, -0.25) is 0 Å². The number of rotatable bonds is 8. The summed E-state index contributed by atoms with van der Waals surface area (Å²) in [5, 5.41) is 0. The summed E-state index contributed by atoms with van der Waals surface area (Å²) in [5.74, 6) is 1.43. The minimum absolute atomic E-state index is 0.146. The second-order valence-corrected chi connectivity index (χ2v) is 11.1. The fourth-order valence-electron chi connectivity index (χ4n) is 3.40. The number of ether oxygens (including phenoxy) is 1. The monoisotopic (exact) mass is 444 g/mol. The van der Waals surface area contributed by atoms with Crippen LogP contribution in [0.4, 0.5) is 0 Å². The molecule has 1 aromatic rings. The highest BCUT2D eigenvalue weighted by molar-refractivity contribution is 9.10. The fourth-order valence-corrected chi connectivity index (χ4v) is 4.64. The van der Waals surface area contributed by atoms with E-state index in [2.05, 4.69) is 25.6 Å². The lowest BCUT2D eigenvalue weighted by Gasteiger charge is -2.27. The van der Waals surface area contributed by atoms with E-state index < -0.39 is 11.0 Å². The Morgan fingerprint density at radius 2 is 2.00 bits per heavy atom. The van der Waals surface area contributed by atoms with Crippen LogP contribution in [0.2, 0.25) is 0 Å². The number of nitrogens with one attached hydrogen (secondary N) is 1. The lowest BCUT2D eigenvalue weighted by atomic mass is 9.85. The van der Waals surface area contributed by atoms with E-state index >= 15 is 0 Å². The molecule has 1 N–H and O–H groups in total. The number of nitrogens with zero attached hydrogens (tertiary/aromatic N) is 1. The largest absolute Gasteiger partial charge is 0.481 e. The second-order valence-electron chi connectivity index (χ2n) is 8.26. The summed E-state index contributed by atoms with van der Waals surface area (Å²) in [7, 11) is 0.547. The van der Waals surface area contributed by atoms with Crippen molar-refractivity contribution in [1.82, 2.24) is 9.71 Å². The van der Waals surface area contributed by atoms with E-state index in [1.165, 1.54) is 38.5 Å². The SMILES string of the molecule is COc1ccc(Br)c(CC(CCC2CCCCC2)NS(=O)C(C)(C)C)n1. The fraction of sp³-hybridized carbons (Fsp3) is 0.750. The summed E-state index contributed by atoms with van der Waals surface area (Å²) in [4.78, 5) is 4.59. The van der Waals surface area contributed by atoms with Crippen molar-refractivity contribution in [3.8, 4) is 5.88 Å². The van der Waals surface area contributed by atoms with Gasteiger partial charge in [0.1, 0.15) is 0 Å². The molecule has 0 amide bonds. The third kappa shape index (κ3) is 6.93. The van der Waals surface area contributed by atoms with Crippen molar-refractivity contribution >= 4 is 26.9 Å². The van der Waals surface area contributed by atoms with Crippen molar-refractivity contribution in [1.29, 1.82) is 0 Å². The van der Waals surface area contributed by atoms with E-state index in [0.717, 1.165) is 28.9 Å². The summed E-state index contributed by atoms with van der Waals surface area (Å²) < 4.78 is 22.0. The highest BCUT2D eigenvalue weighted by atomic mass is 79.9. The maximum absolute atomic E-state index is 12.7. The Balaban J connectivity index is 2.07. The molecule has 1 aliphatic rings. The second kappa shape index (κ2) is 10.2. The molecular formula is C20H33BrN2O2S. The highest BCUT2D eigenvalue weighted by Crippen LogP contribution is 2.29. The van der Waals surface area contributed by atoms with Crippen molar-refractivity contribution < 1.29 is 8.95 Å². The predicted molar refractivity (Wildman–Crippen MR) is 113 cm³/mol. The zero-order valence-electron chi connectivity index (χ0n) is 16.5. The Labute approximate surface area is 169 Å². The van der Waals surface area contributed by atoms with Crippen molar-refractivity contribution in [2.24, 2.45) is 5.92 Å². The molecule has 1 fully saturated rings. The molecule has 0 aliphatic heterocycles. The van der Waals surface area contributed by atoms with Crippen molar-refractivity contribution in [2.75, 3.05) is 7.11 Å². The van der Waals surface area contributed by atoms with Crippen LogP contribution in [-0.4, -0.2) is 27.1 Å². The molecule has 0 aromatic carbocycles. The topological polar surface area (TPSA) is 51.2 Å². The maximum atomic E-state index is 12.7. The van der Waals surface area contributed by atoms with Crippen molar-refractivity contribution in [3.05, 3.63) is 22.3 Å². The third-order valence-corrected chi connectivity index (χ3v) is 7.40. The quantitative estimate of drug-likeness (QED) is 0.600. The number of methoxy groups -OCH3 is 1. The molecule has 2 rings (SSSR count). The van der Waals surface area contributed by atoms with E-state index in [4.69, 9.17) is 4.74 Å². The van der Waals surface area contributed by atoms with Crippen LogP contribution >= 0.6 is 15.9 Å². The first kappa shape index (κ1) is 21.8. The van der Waals surface area contributed by atoms with Crippen LogP contribution in [0.25, 0.3) is 0 Å². The van der Waals surface area contributed by atoms with E-state index in [1.807, 2.05) is 32.9 Å². The third-order valence-electron chi connectivity index (χ3n) is 5.02. The number of hydrogen-bond acceptors (Lipinski definition) is 3. The first-order valence-corrected chi connectivity index (χ1v) is 11.6. The van der Waals surface area contributed by atoms with Gasteiger partial charge in [-0.2, -0.15) is 0 Å². The lowest BCUT2D eigenvalue weighted by Crippen LogP contribution is -2.41. The molecule has 1 aromatic heterocycles. The van der Waals surface area contributed by atoms with Crippen LogP contribution < -0.4 is 9.46 Å². The minimum atomic E-state index is -1.09. The molecule has 2 unspecified atom stereocenters. The minimum Gasteiger partial charge on any atom is -0.481 e. The molecule has 1 saturated carbocycles. The Morgan fingerprint density at radius 1 is 1.31 bits per heavy atom. The van der Waals surface area contributed by atoms with Gasteiger partial charge in [-0.15, -0.1) is 0 Å². The van der Waals surface area contributed by atoms with E-state index in [0.29, 0.717) is 5.88 Å². The number of hydrogen-bond donors (Lipinski definition) is 1. The van der Waals surface area contributed by atoms with E-state index in [1.54, 1.807) is 7.11 Å². The van der Waals surface area contributed by atoms with Gasteiger partial charge < -0.3 is 4.74 Å². The average molecular weight is 445 g/mol. The summed E-state index contributed by atoms with van der Waals surface area (Å²) >= 11 is 3.60. The molecule has 0 bridgehead atoms. The molecule has 0 saturated heterocycles. The molecule has 1 heterocycles. The van der Waals surface area contributed by atoms with Gasteiger partial charge in [-0.05, 0) is 61.5 Å². The molecule has 1 aliphatic carbocycles. The van der Waals surface area contributed by atoms with E-state index in [9.17, 15) is 4.21 Å². The van der Waals surface area contributed by atoms with Gasteiger partial charge in [0.2, 0.25) is 5.88 Å². The summed E-state index contributed by atoms with van der Waals surface area (Å²) in [6, 6.07) is 3.97. The molecule has 6 heteroatoms. The zero-order valence-corrected chi connectivity index (χ0v) is 18.9. The van der Waals surface area contributed by atoms with Crippen molar-refractivity contribution in [3.63, 3.8) is 0 Å². The summed E-state index contributed by atoms with van der Waals surface area (Å²) in [6.07, 6.45) is 9.75. The van der Waals surface area contributed by atoms with Gasteiger partial charge in [0.05, 0.1) is 28.5 Å². The van der Waals surface area contributed by atoms with Crippen LogP contribution in [0.3, 0.4) is 0 Å². The Hall–Kier alpha value is -0.460. The molecule has 2 atom stereocenters. The number of pyridine rings is 1. The molecular weight excluding hydrogens is 412 g/mol. The predicted octanol–water partition coefficient (Wildman–Crippen LogP) is 5.18. The molecule has 0 spiro atoms. The van der Waals surface area contributed by atoms with Gasteiger partial charge in [-0.25, -0.2) is 13.9 Å². The van der Waals surface area contributed by atoms with Gasteiger partial charge in [0, 0.05) is 23.0 Å². The van der Waals surface area contributed by atoms with E-state index in [-0.39, 0.29) is 10.8 Å². The number of halogens is 1. The van der Waals surface area contributed by atoms with Crippen LogP contribution in [0.15, 0.2) is 16.6 Å². The lowest BCUT2D eigenvalue weighted by molar-refractivity contribution is 0.319. The van der Waals surface area contributed by atoms with Gasteiger partial charge in [-0.1, -0.05) is 32.1 Å². The van der Waals surface area contributed by atoms with Crippen LogP contribution in [0.1, 0.15) is 71.4 Å². The Kier molecular flexibility index (Phi) is 8.55. The normalized spacial score (nSPS) is 18.5. The molecule has 148 valence electrons. The molecule has 4 nitrogen and oxygen atoms in total. The molecule has 26 heavy (non-hydrogen) atoms.